The van der Waals surface area contributed by atoms with Crippen LogP contribution in [0, 0.1) is 0 Å². The molecule has 1 heterocycles. The van der Waals surface area contributed by atoms with Crippen molar-refractivity contribution in [2.45, 2.75) is 6.92 Å². The van der Waals surface area contributed by atoms with E-state index in [1.807, 2.05) is 73.7 Å². The van der Waals surface area contributed by atoms with E-state index >= 15 is 0 Å². The first-order valence-corrected chi connectivity index (χ1v) is 9.00. The van der Waals surface area contributed by atoms with E-state index in [2.05, 4.69) is 26.2 Å². The van der Waals surface area contributed by atoms with E-state index in [0.29, 0.717) is 10.1 Å². The maximum Gasteiger partial charge on any atom is 0.264 e. The molecule has 1 N–H and O–H groups in total. The summed E-state index contributed by atoms with van der Waals surface area (Å²) in [6.07, 6.45) is 3.93. The summed E-state index contributed by atoms with van der Waals surface area (Å²) < 4.78 is 0.893. The van der Waals surface area contributed by atoms with Crippen molar-refractivity contribution in [3.63, 3.8) is 0 Å². The van der Waals surface area contributed by atoms with Crippen LogP contribution in [0.1, 0.15) is 12.5 Å². The lowest BCUT2D eigenvalue weighted by molar-refractivity contribution is -0.115. The molecule has 0 radical (unpaired) electrons. The molecule has 3 nitrogen and oxygen atoms in total. The van der Waals surface area contributed by atoms with E-state index in [1.54, 1.807) is 0 Å². The van der Waals surface area contributed by atoms with Crippen LogP contribution in [-0.2, 0) is 4.79 Å². The summed E-state index contributed by atoms with van der Waals surface area (Å²) in [5.74, 6) is -0.119. The van der Waals surface area contributed by atoms with Crippen LogP contribution in [0.15, 0.2) is 80.6 Å². The molecule has 1 aliphatic rings. The van der Waals surface area contributed by atoms with Gasteiger partial charge in [0.15, 0.2) is 5.17 Å². The van der Waals surface area contributed by atoms with Gasteiger partial charge in [-0.05, 0) is 64.0 Å². The van der Waals surface area contributed by atoms with Crippen LogP contribution < -0.4 is 5.32 Å². The second kappa shape index (κ2) is 7.64. The number of thioether (sulfide) groups is 1. The standard InChI is InChI=1S/C19H15BrN2OS/c1-13(11-14-7-3-2-4-8-14)12-17-18(23)22-19(24-17)21-16-10-6-5-9-15(16)20/h2-12H,1H3,(H,21,22,23)/b13-11-,17-12-. The van der Waals surface area contributed by atoms with Crippen molar-refractivity contribution in [1.29, 1.82) is 0 Å². The van der Waals surface area contributed by atoms with E-state index in [9.17, 15) is 4.79 Å². The fourth-order valence-corrected chi connectivity index (χ4v) is 3.45. The highest BCUT2D eigenvalue weighted by atomic mass is 79.9. The van der Waals surface area contributed by atoms with Gasteiger partial charge in [0.25, 0.3) is 5.91 Å². The van der Waals surface area contributed by atoms with Gasteiger partial charge in [-0.2, -0.15) is 0 Å². The topological polar surface area (TPSA) is 41.5 Å². The monoisotopic (exact) mass is 398 g/mol. The number of halogens is 1. The number of carbonyl (C=O) groups is 1. The number of para-hydroxylation sites is 1. The van der Waals surface area contributed by atoms with E-state index in [1.165, 1.54) is 11.8 Å². The first-order valence-electron chi connectivity index (χ1n) is 7.39. The van der Waals surface area contributed by atoms with E-state index in [4.69, 9.17) is 0 Å². The lowest BCUT2D eigenvalue weighted by Crippen LogP contribution is -2.19. The third-order valence-corrected chi connectivity index (χ3v) is 4.86. The highest BCUT2D eigenvalue weighted by Gasteiger charge is 2.23. The lowest BCUT2D eigenvalue weighted by atomic mass is 10.1. The molecule has 3 rings (SSSR count). The maximum absolute atomic E-state index is 12.1. The highest BCUT2D eigenvalue weighted by Crippen LogP contribution is 2.30. The molecule has 2 aromatic rings. The third kappa shape index (κ3) is 4.24. The molecule has 0 aliphatic carbocycles. The minimum Gasteiger partial charge on any atom is -0.300 e. The fourth-order valence-electron chi connectivity index (χ4n) is 2.19. The van der Waals surface area contributed by atoms with Crippen LogP contribution in [0.3, 0.4) is 0 Å². The molecule has 1 aliphatic heterocycles. The SMILES string of the molecule is CC(=C/c1ccccc1)/C=C1\SC(=Nc2ccccc2Br)NC1=O. The molecule has 5 heteroatoms. The average Bonchev–Trinajstić information content (AvgIpc) is 2.90. The predicted octanol–water partition coefficient (Wildman–Crippen LogP) is 5.29. The maximum atomic E-state index is 12.1. The Labute approximate surface area is 153 Å². The Morgan fingerprint density at radius 2 is 1.83 bits per heavy atom. The minimum atomic E-state index is -0.119. The van der Waals surface area contributed by atoms with Crippen molar-refractivity contribution in [3.8, 4) is 0 Å². The van der Waals surface area contributed by atoms with Gasteiger partial charge in [-0.1, -0.05) is 48.5 Å². The molecule has 0 aromatic heterocycles. The molecule has 2 aromatic carbocycles. The summed E-state index contributed by atoms with van der Waals surface area (Å²) in [5.41, 5.74) is 2.91. The number of hydrogen-bond acceptors (Lipinski definition) is 3. The van der Waals surface area contributed by atoms with Gasteiger partial charge in [-0.15, -0.1) is 0 Å². The lowest BCUT2D eigenvalue weighted by Gasteiger charge is -1.98. The van der Waals surface area contributed by atoms with E-state index in [0.717, 1.165) is 21.3 Å². The van der Waals surface area contributed by atoms with Crippen molar-refractivity contribution < 1.29 is 4.79 Å². The largest absolute Gasteiger partial charge is 0.300 e. The number of rotatable bonds is 3. The Balaban J connectivity index is 1.80. The average molecular weight is 399 g/mol. The van der Waals surface area contributed by atoms with Crippen molar-refractivity contribution >= 4 is 50.5 Å². The predicted molar refractivity (Wildman–Crippen MR) is 105 cm³/mol. The summed E-state index contributed by atoms with van der Waals surface area (Å²) in [6, 6.07) is 17.7. The Hall–Kier alpha value is -2.11. The van der Waals surface area contributed by atoms with Gasteiger partial charge in [-0.25, -0.2) is 4.99 Å². The van der Waals surface area contributed by atoms with Gasteiger partial charge >= 0.3 is 0 Å². The molecular formula is C19H15BrN2OS. The normalized spacial score (nSPS) is 18.2. The van der Waals surface area contributed by atoms with Gasteiger partial charge in [0.1, 0.15) is 0 Å². The van der Waals surface area contributed by atoms with Crippen LogP contribution in [-0.4, -0.2) is 11.1 Å². The van der Waals surface area contributed by atoms with Crippen molar-refractivity contribution in [2.75, 3.05) is 0 Å². The molecule has 24 heavy (non-hydrogen) atoms. The highest BCUT2D eigenvalue weighted by molar-refractivity contribution is 9.10. The van der Waals surface area contributed by atoms with Gasteiger partial charge in [0.2, 0.25) is 0 Å². The zero-order valence-electron chi connectivity index (χ0n) is 13.0. The van der Waals surface area contributed by atoms with Gasteiger partial charge in [-0.3, -0.25) is 4.79 Å². The smallest absolute Gasteiger partial charge is 0.264 e. The first-order chi connectivity index (χ1) is 11.6. The minimum absolute atomic E-state index is 0.119. The second-order valence-corrected chi connectivity index (χ2v) is 7.12. The van der Waals surface area contributed by atoms with E-state index in [-0.39, 0.29) is 5.91 Å². The molecule has 120 valence electrons. The number of nitrogens with one attached hydrogen (secondary N) is 1. The molecule has 1 fully saturated rings. The number of amides is 1. The van der Waals surface area contributed by atoms with Crippen LogP contribution in [0.5, 0.6) is 0 Å². The number of hydrogen-bond donors (Lipinski definition) is 1. The number of nitrogens with zero attached hydrogens (tertiary/aromatic N) is 1. The molecule has 0 unspecified atom stereocenters. The summed E-state index contributed by atoms with van der Waals surface area (Å²) in [4.78, 5) is 17.3. The van der Waals surface area contributed by atoms with Crippen molar-refractivity contribution in [3.05, 3.63) is 81.2 Å². The van der Waals surface area contributed by atoms with Crippen molar-refractivity contribution in [2.24, 2.45) is 4.99 Å². The Morgan fingerprint density at radius 1 is 1.12 bits per heavy atom. The fraction of sp³-hybridized carbons (Fsp3) is 0.0526. The second-order valence-electron chi connectivity index (χ2n) is 5.23. The quantitative estimate of drug-likeness (QED) is 0.713. The number of carbonyl (C=O) groups excluding carboxylic acids is 1. The third-order valence-electron chi connectivity index (χ3n) is 3.28. The Morgan fingerprint density at radius 3 is 2.58 bits per heavy atom. The molecule has 0 spiro atoms. The van der Waals surface area contributed by atoms with Crippen LogP contribution in [0.4, 0.5) is 5.69 Å². The first kappa shape index (κ1) is 16.7. The van der Waals surface area contributed by atoms with E-state index < -0.39 is 0 Å². The number of aliphatic imine (C=N–C) groups is 1. The number of amidine groups is 1. The van der Waals surface area contributed by atoms with Gasteiger partial charge < -0.3 is 5.32 Å². The van der Waals surface area contributed by atoms with Crippen LogP contribution in [0.2, 0.25) is 0 Å². The van der Waals surface area contributed by atoms with Crippen molar-refractivity contribution in [1.82, 2.24) is 5.32 Å². The number of benzene rings is 2. The van der Waals surface area contributed by atoms with Crippen LogP contribution in [0.25, 0.3) is 6.08 Å². The Bertz CT molecular complexity index is 857. The molecule has 0 saturated carbocycles. The van der Waals surface area contributed by atoms with Gasteiger partial charge in [0.05, 0.1) is 10.6 Å². The summed E-state index contributed by atoms with van der Waals surface area (Å²) in [6.45, 7) is 1.98. The summed E-state index contributed by atoms with van der Waals surface area (Å²) in [7, 11) is 0. The zero-order chi connectivity index (χ0) is 16.9. The zero-order valence-corrected chi connectivity index (χ0v) is 15.4. The molecular weight excluding hydrogens is 384 g/mol. The Kier molecular flexibility index (Phi) is 5.33. The molecule has 0 bridgehead atoms. The number of allylic oxidation sites excluding steroid dienone is 2. The molecule has 1 amide bonds. The summed E-state index contributed by atoms with van der Waals surface area (Å²) >= 11 is 4.81. The van der Waals surface area contributed by atoms with Crippen LogP contribution >= 0.6 is 27.7 Å². The van der Waals surface area contributed by atoms with Gasteiger partial charge in [0, 0.05) is 4.47 Å². The molecule has 1 saturated heterocycles. The summed E-state index contributed by atoms with van der Waals surface area (Å²) in [5, 5.41) is 3.40. The molecule has 0 atom stereocenters.